The Bertz CT molecular complexity index is 185. The van der Waals surface area contributed by atoms with Gasteiger partial charge in [-0.05, 0) is 13.5 Å². The molecular weight excluding hydrogens is 214 g/mol. The summed E-state index contributed by atoms with van der Waals surface area (Å²) < 4.78 is 0. The Morgan fingerprint density at radius 1 is 1.20 bits per heavy atom. The third-order valence-electron chi connectivity index (χ3n) is 2.52. The summed E-state index contributed by atoms with van der Waals surface area (Å²) in [5, 5.41) is 0. The summed E-state index contributed by atoms with van der Waals surface area (Å²) in [6.45, 7) is 6.51. The Hall–Kier alpha value is -0.520. The quantitative estimate of drug-likeness (QED) is 0.385. The van der Waals surface area contributed by atoms with Gasteiger partial charge in [0.1, 0.15) is 0 Å². The van der Waals surface area contributed by atoms with Gasteiger partial charge in [0.15, 0.2) is 5.96 Å². The van der Waals surface area contributed by atoms with Gasteiger partial charge < -0.3 is 21.3 Å². The van der Waals surface area contributed by atoms with E-state index in [1.165, 1.54) is 26.2 Å². The molecule has 0 aromatic heterocycles. The number of nitrogens with zero attached hydrogens (tertiary/aromatic N) is 3. The average Bonchev–Trinajstić information content (AvgIpc) is 2.15. The maximum absolute atomic E-state index is 5.24. The highest BCUT2D eigenvalue weighted by Crippen LogP contribution is 1.99. The van der Waals surface area contributed by atoms with E-state index in [1.54, 1.807) is 0 Å². The molecule has 0 spiro atoms. The molecule has 1 heterocycles. The lowest BCUT2D eigenvalue weighted by Crippen LogP contribution is -2.44. The highest BCUT2D eigenvalue weighted by atomic mass is 35.5. The minimum Gasteiger partial charge on any atom is -0.370 e. The van der Waals surface area contributed by atoms with Gasteiger partial charge >= 0.3 is 0 Å². The summed E-state index contributed by atoms with van der Waals surface area (Å²) in [4.78, 5) is 8.77. The molecule has 90 valence electrons. The van der Waals surface area contributed by atoms with Crippen molar-refractivity contribution in [1.29, 1.82) is 0 Å². The van der Waals surface area contributed by atoms with Crippen molar-refractivity contribution in [3.8, 4) is 0 Å². The van der Waals surface area contributed by atoms with Gasteiger partial charge in [-0.3, -0.25) is 4.99 Å². The SMILES string of the molecule is CN1CCN(CCCN=C(N)N)CC1.Cl. The Morgan fingerprint density at radius 2 is 1.80 bits per heavy atom. The van der Waals surface area contributed by atoms with Crippen LogP contribution in [0.25, 0.3) is 0 Å². The monoisotopic (exact) mass is 235 g/mol. The Kier molecular flexibility index (Phi) is 7.46. The highest BCUT2D eigenvalue weighted by Gasteiger charge is 2.12. The van der Waals surface area contributed by atoms with Crippen LogP contribution in [0.4, 0.5) is 0 Å². The predicted octanol–water partition coefficient (Wildman–Crippen LogP) is -0.681. The standard InChI is InChI=1S/C9H21N5.ClH/c1-13-5-7-14(8-6-13)4-2-3-12-9(10)11;/h2-8H2,1H3,(H4,10,11,12);1H. The molecule has 0 atom stereocenters. The van der Waals surface area contributed by atoms with Crippen molar-refractivity contribution < 1.29 is 0 Å². The van der Waals surface area contributed by atoms with Crippen molar-refractivity contribution >= 4 is 18.4 Å². The molecule has 0 unspecified atom stereocenters. The summed E-state index contributed by atoms with van der Waals surface area (Å²) in [5.74, 6) is 0.198. The maximum atomic E-state index is 5.24. The lowest BCUT2D eigenvalue weighted by Gasteiger charge is -2.32. The number of nitrogens with two attached hydrogens (primary N) is 2. The molecule has 0 radical (unpaired) electrons. The first-order valence-corrected chi connectivity index (χ1v) is 5.15. The molecule has 0 amide bonds. The molecule has 15 heavy (non-hydrogen) atoms. The number of hydrogen-bond donors (Lipinski definition) is 2. The van der Waals surface area contributed by atoms with Crippen molar-refractivity contribution in [2.24, 2.45) is 16.5 Å². The normalized spacial score (nSPS) is 18.2. The van der Waals surface area contributed by atoms with Crippen molar-refractivity contribution in [2.75, 3.05) is 46.3 Å². The second kappa shape index (κ2) is 7.73. The lowest BCUT2D eigenvalue weighted by molar-refractivity contribution is 0.153. The number of rotatable bonds is 4. The van der Waals surface area contributed by atoms with Crippen LogP contribution in [-0.4, -0.2) is 62.1 Å². The summed E-state index contributed by atoms with van der Waals surface area (Å²) in [6.07, 6.45) is 1.04. The van der Waals surface area contributed by atoms with Crippen molar-refractivity contribution in [1.82, 2.24) is 9.80 Å². The number of aliphatic imine (C=N–C) groups is 1. The van der Waals surface area contributed by atoms with Gasteiger partial charge in [-0.1, -0.05) is 0 Å². The molecule has 0 saturated carbocycles. The fourth-order valence-electron chi connectivity index (χ4n) is 1.57. The van der Waals surface area contributed by atoms with Crippen molar-refractivity contribution in [3.63, 3.8) is 0 Å². The van der Waals surface area contributed by atoms with Gasteiger partial charge in [-0.2, -0.15) is 0 Å². The number of likely N-dealkylation sites (N-methyl/N-ethyl adjacent to an activating group) is 1. The number of hydrogen-bond acceptors (Lipinski definition) is 3. The van der Waals surface area contributed by atoms with Crippen LogP contribution in [0.15, 0.2) is 4.99 Å². The van der Waals surface area contributed by atoms with Crippen molar-refractivity contribution in [3.05, 3.63) is 0 Å². The van der Waals surface area contributed by atoms with Crippen LogP contribution in [0.2, 0.25) is 0 Å². The van der Waals surface area contributed by atoms with Gasteiger partial charge in [0.05, 0.1) is 0 Å². The van der Waals surface area contributed by atoms with Crippen molar-refractivity contribution in [2.45, 2.75) is 6.42 Å². The topological polar surface area (TPSA) is 70.9 Å². The summed E-state index contributed by atoms with van der Waals surface area (Å²) >= 11 is 0. The molecule has 1 aliphatic heterocycles. The second-order valence-corrected chi connectivity index (χ2v) is 3.81. The fraction of sp³-hybridized carbons (Fsp3) is 0.889. The third kappa shape index (κ3) is 6.54. The van der Waals surface area contributed by atoms with E-state index in [4.69, 9.17) is 11.5 Å². The molecule has 0 aliphatic carbocycles. The number of piperazine rings is 1. The van der Waals surface area contributed by atoms with E-state index in [1.807, 2.05) is 0 Å². The zero-order valence-electron chi connectivity index (χ0n) is 9.35. The third-order valence-corrected chi connectivity index (χ3v) is 2.52. The minimum absolute atomic E-state index is 0. The first kappa shape index (κ1) is 14.5. The molecule has 1 fully saturated rings. The first-order valence-electron chi connectivity index (χ1n) is 5.15. The highest BCUT2D eigenvalue weighted by molar-refractivity contribution is 5.85. The van der Waals surface area contributed by atoms with Gasteiger partial charge in [0.25, 0.3) is 0 Å². The Labute approximate surface area is 97.9 Å². The molecule has 1 saturated heterocycles. The van der Waals surface area contributed by atoms with Crippen LogP contribution in [0.3, 0.4) is 0 Å². The summed E-state index contributed by atoms with van der Waals surface area (Å²) in [6, 6.07) is 0. The molecule has 5 nitrogen and oxygen atoms in total. The molecule has 6 heteroatoms. The molecule has 0 aromatic rings. The van der Waals surface area contributed by atoms with Crippen LogP contribution >= 0.6 is 12.4 Å². The van der Waals surface area contributed by atoms with Crippen LogP contribution in [0.1, 0.15) is 6.42 Å². The van der Waals surface area contributed by atoms with E-state index in [0.717, 1.165) is 19.5 Å². The second-order valence-electron chi connectivity index (χ2n) is 3.81. The molecule has 1 aliphatic rings. The molecular formula is C9H22ClN5. The van der Waals surface area contributed by atoms with Gasteiger partial charge in [0.2, 0.25) is 0 Å². The van der Waals surface area contributed by atoms with Crippen LogP contribution < -0.4 is 11.5 Å². The van der Waals surface area contributed by atoms with E-state index >= 15 is 0 Å². The van der Waals surface area contributed by atoms with Gasteiger partial charge in [-0.15, -0.1) is 12.4 Å². The molecule has 0 bridgehead atoms. The average molecular weight is 236 g/mol. The zero-order valence-corrected chi connectivity index (χ0v) is 10.2. The zero-order chi connectivity index (χ0) is 10.4. The Balaban J connectivity index is 0.00000196. The van der Waals surface area contributed by atoms with E-state index in [0.29, 0.717) is 0 Å². The van der Waals surface area contributed by atoms with Crippen LogP contribution in [0, 0.1) is 0 Å². The minimum atomic E-state index is 0. The molecule has 1 rings (SSSR count). The fourth-order valence-corrected chi connectivity index (χ4v) is 1.57. The van der Waals surface area contributed by atoms with Crippen LogP contribution in [-0.2, 0) is 0 Å². The first-order chi connectivity index (χ1) is 6.68. The van der Waals surface area contributed by atoms with E-state index in [-0.39, 0.29) is 18.4 Å². The van der Waals surface area contributed by atoms with Gasteiger partial charge in [-0.25, -0.2) is 0 Å². The number of halogens is 1. The molecule has 0 aromatic carbocycles. The van der Waals surface area contributed by atoms with E-state index < -0.39 is 0 Å². The van der Waals surface area contributed by atoms with E-state index in [9.17, 15) is 0 Å². The number of guanidine groups is 1. The Morgan fingerprint density at radius 3 is 2.33 bits per heavy atom. The largest absolute Gasteiger partial charge is 0.370 e. The maximum Gasteiger partial charge on any atom is 0.185 e. The summed E-state index contributed by atoms with van der Waals surface area (Å²) in [5.41, 5.74) is 10.5. The van der Waals surface area contributed by atoms with E-state index in [2.05, 4.69) is 21.8 Å². The predicted molar refractivity (Wildman–Crippen MR) is 66.5 cm³/mol. The smallest absolute Gasteiger partial charge is 0.185 e. The summed E-state index contributed by atoms with van der Waals surface area (Å²) in [7, 11) is 2.16. The van der Waals surface area contributed by atoms with Gasteiger partial charge in [0, 0.05) is 39.3 Å². The molecule has 4 N–H and O–H groups in total. The lowest BCUT2D eigenvalue weighted by atomic mass is 10.3. The van der Waals surface area contributed by atoms with Crippen LogP contribution in [0.5, 0.6) is 0 Å².